The van der Waals surface area contributed by atoms with Crippen LogP contribution in [0.25, 0.3) is 0 Å². The Morgan fingerprint density at radius 2 is 1.86 bits per heavy atom. The van der Waals surface area contributed by atoms with Gasteiger partial charge in [-0.2, -0.15) is 0 Å². The first-order chi connectivity index (χ1) is 13.2. The van der Waals surface area contributed by atoms with Crippen LogP contribution in [-0.4, -0.2) is 35.4 Å². The number of pyridine rings is 1. The molecule has 0 radical (unpaired) electrons. The van der Waals surface area contributed by atoms with E-state index in [1.54, 1.807) is 18.3 Å². The Morgan fingerprint density at radius 3 is 2.52 bits per heavy atom. The third-order valence-corrected chi connectivity index (χ3v) is 6.05. The first kappa shape index (κ1) is 23.6. The van der Waals surface area contributed by atoms with Crippen LogP contribution in [0, 0.1) is 17.2 Å². The Balaban J connectivity index is 0.00000150. The third kappa shape index (κ3) is 5.68. The van der Waals surface area contributed by atoms with E-state index in [1.807, 2.05) is 23.1 Å². The lowest BCUT2D eigenvalue weighted by Crippen LogP contribution is -2.37. The predicted molar refractivity (Wildman–Crippen MR) is 117 cm³/mol. The zero-order chi connectivity index (χ0) is 18.7. The summed E-state index contributed by atoms with van der Waals surface area (Å²) in [4.78, 5) is 19.6. The zero-order valence-corrected chi connectivity index (χ0v) is 18.0. The van der Waals surface area contributed by atoms with E-state index in [1.165, 1.54) is 12.1 Å². The largest absolute Gasteiger partial charge is 0.338 e. The number of aromatic nitrogens is 1. The molecule has 1 N–H and O–H groups in total. The van der Waals surface area contributed by atoms with Crippen molar-refractivity contribution in [3.05, 3.63) is 65.7 Å². The fourth-order valence-electron chi connectivity index (χ4n) is 4.27. The molecule has 1 aromatic carbocycles. The number of nitrogens with zero attached hydrogens (tertiary/aromatic N) is 2. The second-order valence-corrected chi connectivity index (χ2v) is 7.83. The van der Waals surface area contributed by atoms with E-state index in [-0.39, 0.29) is 47.9 Å². The van der Waals surface area contributed by atoms with Gasteiger partial charge in [0.15, 0.2) is 0 Å². The number of rotatable bonds is 6. The molecule has 1 saturated carbocycles. The molecule has 158 valence electrons. The van der Waals surface area contributed by atoms with Gasteiger partial charge in [-0.05, 0) is 67.6 Å². The van der Waals surface area contributed by atoms with Gasteiger partial charge < -0.3 is 10.2 Å². The molecule has 1 spiro atoms. The van der Waals surface area contributed by atoms with Gasteiger partial charge in [-0.1, -0.05) is 18.2 Å². The summed E-state index contributed by atoms with van der Waals surface area (Å²) in [5, 5.41) is 3.39. The minimum atomic E-state index is -0.249. The summed E-state index contributed by atoms with van der Waals surface area (Å²) >= 11 is 0. The molecule has 1 atom stereocenters. The maximum Gasteiger partial charge on any atom is 0.226 e. The first-order valence-corrected chi connectivity index (χ1v) is 9.80. The Bertz CT molecular complexity index is 782. The van der Waals surface area contributed by atoms with Crippen LogP contribution in [0.3, 0.4) is 0 Å². The zero-order valence-electron chi connectivity index (χ0n) is 16.4. The number of piperidine rings is 1. The van der Waals surface area contributed by atoms with E-state index in [0.29, 0.717) is 13.1 Å². The quantitative estimate of drug-likeness (QED) is 0.738. The van der Waals surface area contributed by atoms with Crippen molar-refractivity contribution in [2.45, 2.75) is 32.2 Å². The molecule has 1 aliphatic heterocycles. The molecule has 0 bridgehead atoms. The number of carbonyl (C=O) groups is 1. The lowest BCUT2D eigenvalue weighted by atomic mass is 9.91. The van der Waals surface area contributed by atoms with Crippen molar-refractivity contribution in [1.82, 2.24) is 15.2 Å². The SMILES string of the molecule is Cl.Cl.O=C(C1CC12CCNCC2)N(CCc1ccccn1)Cc1ccc(F)cc1. The molecule has 29 heavy (non-hydrogen) atoms. The van der Waals surface area contributed by atoms with E-state index in [4.69, 9.17) is 0 Å². The number of amides is 1. The smallest absolute Gasteiger partial charge is 0.226 e. The lowest BCUT2D eigenvalue weighted by Gasteiger charge is -2.27. The molecular weight excluding hydrogens is 412 g/mol. The van der Waals surface area contributed by atoms with Crippen molar-refractivity contribution in [3.8, 4) is 0 Å². The van der Waals surface area contributed by atoms with Crippen LogP contribution in [0.5, 0.6) is 0 Å². The van der Waals surface area contributed by atoms with Crippen LogP contribution >= 0.6 is 24.8 Å². The number of halogens is 3. The summed E-state index contributed by atoms with van der Waals surface area (Å²) in [5.41, 5.74) is 2.17. The second-order valence-electron chi connectivity index (χ2n) is 7.83. The van der Waals surface area contributed by atoms with Gasteiger partial charge in [0.25, 0.3) is 0 Å². The Morgan fingerprint density at radius 1 is 1.14 bits per heavy atom. The van der Waals surface area contributed by atoms with Crippen LogP contribution in [0.4, 0.5) is 4.39 Å². The van der Waals surface area contributed by atoms with Gasteiger partial charge in [0, 0.05) is 37.3 Å². The van der Waals surface area contributed by atoms with E-state index < -0.39 is 0 Å². The number of nitrogens with one attached hydrogen (secondary N) is 1. The third-order valence-electron chi connectivity index (χ3n) is 6.05. The summed E-state index contributed by atoms with van der Waals surface area (Å²) in [6.07, 6.45) is 5.71. The molecule has 1 aliphatic carbocycles. The molecule has 2 aliphatic rings. The monoisotopic (exact) mass is 439 g/mol. The van der Waals surface area contributed by atoms with Crippen LogP contribution in [0.1, 0.15) is 30.5 Å². The molecule has 1 saturated heterocycles. The topological polar surface area (TPSA) is 45.2 Å². The van der Waals surface area contributed by atoms with Crippen LogP contribution in [-0.2, 0) is 17.8 Å². The Labute approximate surface area is 184 Å². The minimum Gasteiger partial charge on any atom is -0.338 e. The molecule has 7 heteroatoms. The number of hydrogen-bond acceptors (Lipinski definition) is 3. The highest BCUT2D eigenvalue weighted by atomic mass is 35.5. The maximum absolute atomic E-state index is 13.3. The predicted octanol–water partition coefficient (Wildman–Crippen LogP) is 4.03. The van der Waals surface area contributed by atoms with Gasteiger partial charge in [-0.15, -0.1) is 24.8 Å². The molecule has 2 aromatic rings. The molecule has 1 unspecified atom stereocenters. The Hall–Kier alpha value is -1.69. The van der Waals surface area contributed by atoms with Crippen LogP contribution < -0.4 is 5.32 Å². The normalized spacial score (nSPS) is 19.0. The van der Waals surface area contributed by atoms with Crippen LogP contribution in [0.2, 0.25) is 0 Å². The number of benzene rings is 1. The molecular formula is C22H28Cl2FN3O. The second kappa shape index (κ2) is 10.4. The van der Waals surface area contributed by atoms with Gasteiger partial charge >= 0.3 is 0 Å². The highest BCUT2D eigenvalue weighted by molar-refractivity contribution is 5.85. The molecule has 4 nitrogen and oxygen atoms in total. The van der Waals surface area contributed by atoms with Crippen LogP contribution in [0.15, 0.2) is 48.7 Å². The summed E-state index contributed by atoms with van der Waals surface area (Å²) in [7, 11) is 0. The maximum atomic E-state index is 13.3. The van der Waals surface area contributed by atoms with Crippen molar-refractivity contribution in [2.75, 3.05) is 19.6 Å². The summed E-state index contributed by atoms with van der Waals surface area (Å²) in [6.45, 7) is 3.18. The number of carbonyl (C=O) groups excluding carboxylic acids is 1. The molecule has 1 aromatic heterocycles. The molecule has 1 amide bonds. The summed E-state index contributed by atoms with van der Waals surface area (Å²) in [5.74, 6) is 0.141. The van der Waals surface area contributed by atoms with Crippen molar-refractivity contribution in [2.24, 2.45) is 11.3 Å². The highest BCUT2D eigenvalue weighted by Gasteiger charge is 2.58. The minimum absolute atomic E-state index is 0. The van der Waals surface area contributed by atoms with E-state index in [9.17, 15) is 9.18 Å². The van der Waals surface area contributed by atoms with Crippen molar-refractivity contribution >= 4 is 30.7 Å². The molecule has 4 rings (SSSR count). The average Bonchev–Trinajstić information content (AvgIpc) is 3.40. The van der Waals surface area contributed by atoms with E-state index in [0.717, 1.165) is 50.0 Å². The fourth-order valence-corrected chi connectivity index (χ4v) is 4.27. The summed E-state index contributed by atoms with van der Waals surface area (Å²) < 4.78 is 13.2. The van der Waals surface area contributed by atoms with Gasteiger partial charge in [0.1, 0.15) is 5.82 Å². The highest BCUT2D eigenvalue weighted by Crippen LogP contribution is 2.59. The van der Waals surface area contributed by atoms with Gasteiger partial charge in [-0.25, -0.2) is 4.39 Å². The number of hydrogen-bond donors (Lipinski definition) is 1. The van der Waals surface area contributed by atoms with Gasteiger partial charge in [0.05, 0.1) is 0 Å². The molecule has 2 heterocycles. The average molecular weight is 440 g/mol. The van der Waals surface area contributed by atoms with Crippen molar-refractivity contribution < 1.29 is 9.18 Å². The summed E-state index contributed by atoms with van der Waals surface area (Å²) in [6, 6.07) is 12.3. The molecule has 2 fully saturated rings. The fraction of sp³-hybridized carbons (Fsp3) is 0.455. The van der Waals surface area contributed by atoms with Gasteiger partial charge in [-0.3, -0.25) is 9.78 Å². The van der Waals surface area contributed by atoms with E-state index >= 15 is 0 Å². The van der Waals surface area contributed by atoms with Crippen molar-refractivity contribution in [1.29, 1.82) is 0 Å². The standard InChI is InChI=1S/C22H26FN3O.2ClH/c23-18-6-4-17(5-7-18)16-26(14-8-19-3-1-2-11-25-19)21(27)20-15-22(20)9-12-24-13-10-22;;/h1-7,11,20,24H,8-10,12-16H2;2*1H. The Kier molecular flexibility index (Phi) is 8.44. The lowest BCUT2D eigenvalue weighted by molar-refractivity contribution is -0.134. The first-order valence-electron chi connectivity index (χ1n) is 9.80. The van der Waals surface area contributed by atoms with Gasteiger partial charge in [0.2, 0.25) is 5.91 Å². The van der Waals surface area contributed by atoms with Crippen molar-refractivity contribution in [3.63, 3.8) is 0 Å². The van der Waals surface area contributed by atoms with E-state index in [2.05, 4.69) is 10.3 Å².